The second kappa shape index (κ2) is 5.93. The van der Waals surface area contributed by atoms with Crippen molar-refractivity contribution in [3.63, 3.8) is 0 Å². The second-order valence-corrected chi connectivity index (χ2v) is 4.24. The molecular formula is C12H19N3O2. The summed E-state index contributed by atoms with van der Waals surface area (Å²) in [6.07, 6.45) is 2.28. The Morgan fingerprint density at radius 2 is 2.35 bits per heavy atom. The molecule has 1 fully saturated rings. The van der Waals surface area contributed by atoms with Crippen molar-refractivity contribution in [1.82, 2.24) is 15.5 Å². The molecule has 0 aromatic carbocycles. The second-order valence-electron chi connectivity index (χ2n) is 4.24. The number of hydrogen-bond acceptors (Lipinski definition) is 5. The number of hydrogen-bond donors (Lipinski definition) is 1. The third kappa shape index (κ3) is 2.92. The van der Waals surface area contributed by atoms with Crippen LogP contribution in [-0.4, -0.2) is 37.6 Å². The first-order chi connectivity index (χ1) is 8.35. The maximum absolute atomic E-state index is 5.52. The van der Waals surface area contributed by atoms with Crippen LogP contribution < -0.4 is 10.1 Å². The van der Waals surface area contributed by atoms with Crippen LogP contribution in [0.2, 0.25) is 0 Å². The molecule has 1 N–H and O–H groups in total. The molecule has 5 heteroatoms. The predicted octanol–water partition coefficient (Wildman–Crippen LogP) is 1.17. The number of aromatic nitrogens is 2. The highest BCUT2D eigenvalue weighted by molar-refractivity contribution is 5.14. The molecule has 0 bridgehead atoms. The fourth-order valence-corrected chi connectivity index (χ4v) is 2.26. The average molecular weight is 237 g/mol. The van der Waals surface area contributed by atoms with E-state index in [0.29, 0.717) is 11.8 Å². The Labute approximate surface area is 102 Å². The van der Waals surface area contributed by atoms with Crippen LogP contribution in [0, 0.1) is 5.92 Å². The number of nitrogens with zero attached hydrogens (tertiary/aromatic N) is 2. The molecule has 2 atom stereocenters. The zero-order chi connectivity index (χ0) is 12.1. The van der Waals surface area contributed by atoms with Gasteiger partial charge >= 0.3 is 0 Å². The fourth-order valence-electron chi connectivity index (χ4n) is 2.26. The van der Waals surface area contributed by atoms with E-state index in [4.69, 9.17) is 9.47 Å². The Morgan fingerprint density at radius 3 is 2.88 bits per heavy atom. The van der Waals surface area contributed by atoms with E-state index in [1.807, 2.05) is 19.2 Å². The maximum atomic E-state index is 5.52. The quantitative estimate of drug-likeness (QED) is 0.852. The van der Waals surface area contributed by atoms with E-state index in [2.05, 4.69) is 15.5 Å². The van der Waals surface area contributed by atoms with Gasteiger partial charge in [-0.15, -0.1) is 5.10 Å². The molecule has 1 aromatic heterocycles. The minimum atomic E-state index is 0.203. The van der Waals surface area contributed by atoms with Crippen molar-refractivity contribution in [3.05, 3.63) is 17.8 Å². The lowest BCUT2D eigenvalue weighted by atomic mass is 9.91. The van der Waals surface area contributed by atoms with Gasteiger partial charge < -0.3 is 14.8 Å². The fraction of sp³-hybridized carbons (Fsp3) is 0.667. The zero-order valence-corrected chi connectivity index (χ0v) is 10.3. The molecule has 17 heavy (non-hydrogen) atoms. The van der Waals surface area contributed by atoms with Gasteiger partial charge in [0.05, 0.1) is 25.5 Å². The molecule has 2 unspecified atom stereocenters. The highest BCUT2D eigenvalue weighted by atomic mass is 16.5. The summed E-state index contributed by atoms with van der Waals surface area (Å²) in [5, 5.41) is 11.5. The standard InChI is InChI=1S/C12H19N3O2/c1-13-12(9-4-3-7-17-8-9)10-5-6-11(16-2)15-14-10/h5-6,9,12-13H,3-4,7-8H2,1-2H3. The maximum Gasteiger partial charge on any atom is 0.233 e. The first-order valence-corrected chi connectivity index (χ1v) is 5.97. The normalized spacial score (nSPS) is 22.1. The van der Waals surface area contributed by atoms with Crippen molar-refractivity contribution in [2.45, 2.75) is 18.9 Å². The Kier molecular flexibility index (Phi) is 4.28. The molecule has 1 saturated heterocycles. The summed E-state index contributed by atoms with van der Waals surface area (Å²) in [6.45, 7) is 1.67. The molecule has 94 valence electrons. The Balaban J connectivity index is 2.10. The summed E-state index contributed by atoms with van der Waals surface area (Å²) in [4.78, 5) is 0. The highest BCUT2D eigenvalue weighted by Crippen LogP contribution is 2.27. The summed E-state index contributed by atoms with van der Waals surface area (Å²) >= 11 is 0. The van der Waals surface area contributed by atoms with Gasteiger partial charge in [0, 0.05) is 18.6 Å². The number of nitrogens with one attached hydrogen (secondary N) is 1. The van der Waals surface area contributed by atoms with Crippen LogP contribution in [0.3, 0.4) is 0 Å². The summed E-state index contributed by atoms with van der Waals surface area (Å²) in [5.74, 6) is 1.01. The first kappa shape index (κ1) is 12.3. The van der Waals surface area contributed by atoms with Crippen molar-refractivity contribution in [2.24, 2.45) is 5.92 Å². The van der Waals surface area contributed by atoms with Crippen LogP contribution in [-0.2, 0) is 4.74 Å². The third-order valence-electron chi connectivity index (χ3n) is 3.17. The zero-order valence-electron chi connectivity index (χ0n) is 10.3. The smallest absolute Gasteiger partial charge is 0.233 e. The largest absolute Gasteiger partial charge is 0.480 e. The molecule has 2 rings (SSSR count). The van der Waals surface area contributed by atoms with Gasteiger partial charge in [-0.2, -0.15) is 5.10 Å². The number of ether oxygens (including phenoxy) is 2. The number of rotatable bonds is 4. The van der Waals surface area contributed by atoms with Gasteiger partial charge in [0.1, 0.15) is 0 Å². The molecule has 2 heterocycles. The number of methoxy groups -OCH3 is 1. The van der Waals surface area contributed by atoms with Crippen molar-refractivity contribution < 1.29 is 9.47 Å². The van der Waals surface area contributed by atoms with Gasteiger partial charge in [-0.25, -0.2) is 0 Å². The highest BCUT2D eigenvalue weighted by Gasteiger charge is 2.25. The Morgan fingerprint density at radius 1 is 1.47 bits per heavy atom. The molecule has 1 aromatic rings. The van der Waals surface area contributed by atoms with Gasteiger partial charge in [-0.05, 0) is 26.0 Å². The van der Waals surface area contributed by atoms with Gasteiger partial charge in [0.25, 0.3) is 0 Å². The first-order valence-electron chi connectivity index (χ1n) is 5.97. The average Bonchev–Trinajstić information content (AvgIpc) is 2.42. The summed E-state index contributed by atoms with van der Waals surface area (Å²) in [7, 11) is 3.54. The van der Waals surface area contributed by atoms with Crippen LogP contribution in [0.5, 0.6) is 5.88 Å². The van der Waals surface area contributed by atoms with Gasteiger partial charge in [0.15, 0.2) is 0 Å². The van der Waals surface area contributed by atoms with Crippen molar-refractivity contribution in [2.75, 3.05) is 27.4 Å². The van der Waals surface area contributed by atoms with Gasteiger partial charge in [-0.1, -0.05) is 0 Å². The predicted molar refractivity (Wildman–Crippen MR) is 63.9 cm³/mol. The molecule has 1 aliphatic rings. The van der Waals surface area contributed by atoms with Crippen LogP contribution in [0.4, 0.5) is 0 Å². The van der Waals surface area contributed by atoms with Crippen LogP contribution >= 0.6 is 0 Å². The monoisotopic (exact) mass is 237 g/mol. The molecular weight excluding hydrogens is 218 g/mol. The lowest BCUT2D eigenvalue weighted by molar-refractivity contribution is 0.0394. The lowest BCUT2D eigenvalue weighted by Crippen LogP contribution is -2.32. The van der Waals surface area contributed by atoms with Crippen molar-refractivity contribution in [1.29, 1.82) is 0 Å². The lowest BCUT2D eigenvalue weighted by Gasteiger charge is -2.29. The topological polar surface area (TPSA) is 56.3 Å². The van der Waals surface area contributed by atoms with E-state index < -0.39 is 0 Å². The van der Waals surface area contributed by atoms with E-state index in [-0.39, 0.29) is 6.04 Å². The Hall–Kier alpha value is -1.20. The van der Waals surface area contributed by atoms with E-state index in [1.54, 1.807) is 7.11 Å². The molecule has 0 aliphatic carbocycles. The van der Waals surface area contributed by atoms with Crippen molar-refractivity contribution in [3.8, 4) is 5.88 Å². The summed E-state index contributed by atoms with van der Waals surface area (Å²) in [6, 6.07) is 4.01. The van der Waals surface area contributed by atoms with Crippen LogP contribution in [0.15, 0.2) is 12.1 Å². The molecule has 0 saturated carbocycles. The van der Waals surface area contributed by atoms with Gasteiger partial charge in [0.2, 0.25) is 5.88 Å². The van der Waals surface area contributed by atoms with Gasteiger partial charge in [-0.3, -0.25) is 0 Å². The van der Waals surface area contributed by atoms with E-state index in [0.717, 1.165) is 25.3 Å². The van der Waals surface area contributed by atoms with E-state index in [1.165, 1.54) is 6.42 Å². The van der Waals surface area contributed by atoms with Crippen molar-refractivity contribution >= 4 is 0 Å². The molecule has 0 radical (unpaired) electrons. The SMILES string of the molecule is CNC(c1ccc(OC)nn1)C1CCCOC1. The minimum absolute atomic E-state index is 0.203. The molecule has 1 aliphatic heterocycles. The Bertz CT molecular complexity index is 336. The molecule has 0 amide bonds. The summed E-state index contributed by atoms with van der Waals surface area (Å²) < 4.78 is 10.5. The van der Waals surface area contributed by atoms with E-state index >= 15 is 0 Å². The van der Waals surface area contributed by atoms with Crippen LogP contribution in [0.1, 0.15) is 24.6 Å². The molecule has 5 nitrogen and oxygen atoms in total. The van der Waals surface area contributed by atoms with Crippen LogP contribution in [0.25, 0.3) is 0 Å². The van der Waals surface area contributed by atoms with E-state index in [9.17, 15) is 0 Å². The summed E-state index contributed by atoms with van der Waals surface area (Å²) in [5.41, 5.74) is 0.948. The third-order valence-corrected chi connectivity index (χ3v) is 3.17. The molecule has 0 spiro atoms. The minimum Gasteiger partial charge on any atom is -0.480 e.